The molecule has 2 heterocycles. The quantitative estimate of drug-likeness (QED) is 0.173. The highest BCUT2D eigenvalue weighted by atomic mass is 15.2. The fourth-order valence-corrected chi connectivity index (χ4v) is 9.27. The molecule has 11 rings (SSSR count). The molecule has 0 amide bonds. The van der Waals surface area contributed by atoms with Gasteiger partial charge in [-0.15, -0.1) is 0 Å². The molecule has 2 heteroatoms. The summed E-state index contributed by atoms with van der Waals surface area (Å²) in [5.74, 6) is 0. The first-order valence-corrected chi connectivity index (χ1v) is 19.2. The van der Waals surface area contributed by atoms with Gasteiger partial charge in [0.1, 0.15) is 0 Å². The van der Waals surface area contributed by atoms with Crippen LogP contribution in [0, 0.1) is 20.8 Å². The number of aryl methyl sites for hydroxylation is 3. The van der Waals surface area contributed by atoms with Gasteiger partial charge in [0, 0.05) is 38.3 Å². The van der Waals surface area contributed by atoms with Crippen LogP contribution in [0.2, 0.25) is 0 Å². The van der Waals surface area contributed by atoms with Crippen molar-refractivity contribution in [3.05, 3.63) is 193 Å². The second-order valence-electron chi connectivity index (χ2n) is 15.1. The van der Waals surface area contributed by atoms with Crippen molar-refractivity contribution in [2.24, 2.45) is 0 Å². The SMILES string of the molecule is Cc1ccc(-c2ccccc2)cc1N(c1cc(-c2ccccc2)ccc1C)c1c2ccccc2cc2c1c1cccc3c4c(C)c5ccccc5cc4n2c31. The number of nitrogens with zero attached hydrogens (tertiary/aromatic N) is 2. The molecule has 0 aliphatic heterocycles. The van der Waals surface area contributed by atoms with Crippen molar-refractivity contribution in [2.75, 3.05) is 4.90 Å². The molecule has 55 heavy (non-hydrogen) atoms. The van der Waals surface area contributed by atoms with Gasteiger partial charge in [-0.25, -0.2) is 0 Å². The summed E-state index contributed by atoms with van der Waals surface area (Å²) in [4.78, 5) is 2.58. The Hall–Kier alpha value is -6.90. The molecular weight excluding hydrogens is 665 g/mol. The van der Waals surface area contributed by atoms with Gasteiger partial charge in [0.15, 0.2) is 0 Å². The average Bonchev–Trinajstić information content (AvgIpc) is 3.75. The second-order valence-corrected chi connectivity index (χ2v) is 15.1. The highest BCUT2D eigenvalue weighted by molar-refractivity contribution is 6.31. The number of hydrogen-bond donors (Lipinski definition) is 0. The molecule has 0 unspecified atom stereocenters. The molecule has 0 bridgehead atoms. The van der Waals surface area contributed by atoms with Gasteiger partial charge in [-0.1, -0.05) is 152 Å². The summed E-state index contributed by atoms with van der Waals surface area (Å²) in [6.45, 7) is 6.80. The number of anilines is 3. The Kier molecular flexibility index (Phi) is 6.93. The van der Waals surface area contributed by atoms with Crippen LogP contribution in [-0.2, 0) is 0 Å². The van der Waals surface area contributed by atoms with Gasteiger partial charge >= 0.3 is 0 Å². The fraction of sp³-hybridized carbons (Fsp3) is 0.0566. The lowest BCUT2D eigenvalue weighted by atomic mass is 9.95. The number of fused-ring (bicyclic) bond motifs is 8. The fourth-order valence-electron chi connectivity index (χ4n) is 9.27. The third kappa shape index (κ3) is 4.68. The predicted molar refractivity (Wildman–Crippen MR) is 236 cm³/mol. The summed E-state index contributed by atoms with van der Waals surface area (Å²) < 4.78 is 2.56. The second kappa shape index (κ2) is 12.1. The maximum Gasteiger partial charge on any atom is 0.0640 e. The third-order valence-corrected chi connectivity index (χ3v) is 11.9. The lowest BCUT2D eigenvalue weighted by Gasteiger charge is -2.31. The van der Waals surface area contributed by atoms with E-state index in [9.17, 15) is 0 Å². The number of aromatic nitrogens is 1. The van der Waals surface area contributed by atoms with Crippen molar-refractivity contribution < 1.29 is 0 Å². The Labute approximate surface area is 320 Å². The van der Waals surface area contributed by atoms with Crippen molar-refractivity contribution >= 4 is 76.7 Å². The molecule has 0 spiro atoms. The zero-order chi connectivity index (χ0) is 36.8. The van der Waals surface area contributed by atoms with Gasteiger partial charge in [-0.2, -0.15) is 0 Å². The Morgan fingerprint density at radius 3 is 1.45 bits per heavy atom. The minimum Gasteiger partial charge on any atom is -0.309 e. The van der Waals surface area contributed by atoms with E-state index in [1.807, 2.05) is 0 Å². The van der Waals surface area contributed by atoms with E-state index in [1.165, 1.54) is 116 Å². The molecule has 9 aromatic carbocycles. The zero-order valence-electron chi connectivity index (χ0n) is 31.1. The Balaban J connectivity index is 1.33. The normalized spacial score (nSPS) is 11.9. The molecule has 0 saturated carbocycles. The molecule has 0 atom stereocenters. The number of rotatable bonds is 5. The molecule has 11 aromatic rings. The Morgan fingerprint density at radius 1 is 0.382 bits per heavy atom. The molecular formula is C53H38N2. The first-order valence-electron chi connectivity index (χ1n) is 19.2. The molecule has 0 N–H and O–H groups in total. The lowest BCUT2D eigenvalue weighted by molar-refractivity contribution is 1.24. The highest BCUT2D eigenvalue weighted by Crippen LogP contribution is 2.52. The molecule has 260 valence electrons. The maximum atomic E-state index is 2.58. The van der Waals surface area contributed by atoms with Crippen molar-refractivity contribution in [1.29, 1.82) is 0 Å². The smallest absolute Gasteiger partial charge is 0.0640 e. The van der Waals surface area contributed by atoms with E-state index >= 15 is 0 Å². The first-order chi connectivity index (χ1) is 27.0. The Bertz CT molecular complexity index is 3190. The van der Waals surface area contributed by atoms with Crippen LogP contribution in [0.3, 0.4) is 0 Å². The van der Waals surface area contributed by atoms with E-state index < -0.39 is 0 Å². The summed E-state index contributed by atoms with van der Waals surface area (Å²) in [6, 6.07) is 65.0. The van der Waals surface area contributed by atoms with Crippen molar-refractivity contribution in [3.8, 4) is 22.3 Å². The molecule has 0 fully saturated rings. The highest BCUT2D eigenvalue weighted by Gasteiger charge is 2.28. The summed E-state index contributed by atoms with van der Waals surface area (Å²) >= 11 is 0. The van der Waals surface area contributed by atoms with Gasteiger partial charge in [0.2, 0.25) is 0 Å². The van der Waals surface area contributed by atoms with Crippen LogP contribution in [0.15, 0.2) is 176 Å². The number of benzene rings is 9. The molecule has 2 nitrogen and oxygen atoms in total. The van der Waals surface area contributed by atoms with Crippen molar-refractivity contribution in [1.82, 2.24) is 4.40 Å². The van der Waals surface area contributed by atoms with E-state index in [-0.39, 0.29) is 0 Å². The zero-order valence-corrected chi connectivity index (χ0v) is 31.1. The van der Waals surface area contributed by atoms with Gasteiger partial charge in [0.05, 0.1) is 22.2 Å². The van der Waals surface area contributed by atoms with Crippen LogP contribution in [0.25, 0.3) is 81.9 Å². The molecule has 2 aromatic heterocycles. The topological polar surface area (TPSA) is 7.65 Å². The standard InChI is InChI=1S/C53H38N2/c1-33-25-27-38(36-15-6-4-7-16-36)29-46(33)54(47-30-39(28-26-34(47)2)37-17-8-5-9-18-37)53-43-22-13-11-20-41(43)32-49-51(53)45-24-14-23-44-50-35(3)42-21-12-10-19-40(42)31-48(50)55(49)52(44)45/h4-32H,1-3H3. The summed E-state index contributed by atoms with van der Waals surface area (Å²) in [5, 5.41) is 10.2. The molecule has 0 aliphatic rings. The van der Waals surface area contributed by atoms with Gasteiger partial charge in [0.25, 0.3) is 0 Å². The van der Waals surface area contributed by atoms with Gasteiger partial charge < -0.3 is 9.30 Å². The summed E-state index contributed by atoms with van der Waals surface area (Å²) in [7, 11) is 0. The van der Waals surface area contributed by atoms with Crippen LogP contribution in [0.4, 0.5) is 17.1 Å². The summed E-state index contributed by atoms with van der Waals surface area (Å²) in [6.07, 6.45) is 0. The average molecular weight is 703 g/mol. The van der Waals surface area contributed by atoms with Crippen LogP contribution < -0.4 is 4.90 Å². The molecule has 0 radical (unpaired) electrons. The van der Waals surface area contributed by atoms with Crippen LogP contribution in [-0.4, -0.2) is 4.40 Å². The largest absolute Gasteiger partial charge is 0.309 e. The molecule has 0 saturated heterocycles. The minimum atomic E-state index is 1.17. The number of para-hydroxylation sites is 1. The first kappa shape index (κ1) is 31.6. The van der Waals surface area contributed by atoms with Crippen LogP contribution >= 0.6 is 0 Å². The maximum absolute atomic E-state index is 2.58. The van der Waals surface area contributed by atoms with Gasteiger partial charge in [-0.3, -0.25) is 0 Å². The summed E-state index contributed by atoms with van der Waals surface area (Å²) in [5.41, 5.74) is 15.9. The Morgan fingerprint density at radius 2 is 0.855 bits per heavy atom. The van der Waals surface area contributed by atoms with E-state index in [2.05, 4.69) is 206 Å². The monoisotopic (exact) mass is 702 g/mol. The third-order valence-electron chi connectivity index (χ3n) is 11.9. The molecule has 0 aliphatic carbocycles. The van der Waals surface area contributed by atoms with Crippen molar-refractivity contribution in [2.45, 2.75) is 20.8 Å². The lowest BCUT2D eigenvalue weighted by Crippen LogP contribution is -2.14. The van der Waals surface area contributed by atoms with E-state index in [1.54, 1.807) is 0 Å². The van der Waals surface area contributed by atoms with Crippen LogP contribution in [0.5, 0.6) is 0 Å². The predicted octanol–water partition coefficient (Wildman–Crippen LogP) is 14.9. The van der Waals surface area contributed by atoms with Crippen LogP contribution in [0.1, 0.15) is 16.7 Å². The van der Waals surface area contributed by atoms with Crippen molar-refractivity contribution in [3.63, 3.8) is 0 Å². The van der Waals surface area contributed by atoms with Gasteiger partial charge in [-0.05, 0) is 100 Å². The van der Waals surface area contributed by atoms with E-state index in [0.717, 1.165) is 0 Å². The minimum absolute atomic E-state index is 1.17. The van der Waals surface area contributed by atoms with E-state index in [0.29, 0.717) is 0 Å². The van der Waals surface area contributed by atoms with E-state index in [4.69, 9.17) is 0 Å². The number of hydrogen-bond acceptors (Lipinski definition) is 1.